The van der Waals surface area contributed by atoms with E-state index in [1.54, 1.807) is 4.90 Å². The summed E-state index contributed by atoms with van der Waals surface area (Å²) in [6, 6.07) is 5.93. The zero-order valence-electron chi connectivity index (χ0n) is 16.4. The summed E-state index contributed by atoms with van der Waals surface area (Å²) in [6.07, 6.45) is 3.46. The quantitative estimate of drug-likeness (QED) is 0.642. The van der Waals surface area contributed by atoms with Crippen LogP contribution in [0.2, 0.25) is 0 Å². The van der Waals surface area contributed by atoms with Gasteiger partial charge >= 0.3 is 0 Å². The van der Waals surface area contributed by atoms with Crippen molar-refractivity contribution in [1.82, 2.24) is 5.32 Å². The van der Waals surface area contributed by atoms with Crippen molar-refractivity contribution >= 4 is 40.5 Å². The van der Waals surface area contributed by atoms with Crippen LogP contribution in [0.1, 0.15) is 31.2 Å². The second-order valence-corrected chi connectivity index (χ2v) is 9.00. The number of allylic oxidation sites excluding steroid dienone is 2. The molecule has 1 aromatic rings. The van der Waals surface area contributed by atoms with Crippen LogP contribution >= 0.6 is 23.2 Å². The van der Waals surface area contributed by atoms with Crippen LogP contribution in [0.15, 0.2) is 52.8 Å². The Bertz CT molecular complexity index is 945. The Morgan fingerprint density at radius 3 is 2.52 bits per heavy atom. The van der Waals surface area contributed by atoms with Gasteiger partial charge in [-0.25, -0.2) is 4.39 Å². The third-order valence-corrected chi connectivity index (χ3v) is 7.25. The largest absolute Gasteiger partial charge is 0.374 e. The third-order valence-electron chi connectivity index (χ3n) is 6.54. The highest BCUT2D eigenvalue weighted by molar-refractivity contribution is 6.44. The highest BCUT2D eigenvalue weighted by Gasteiger charge is 2.53. The first-order chi connectivity index (χ1) is 13.7. The zero-order chi connectivity index (χ0) is 21.0. The summed E-state index contributed by atoms with van der Waals surface area (Å²) in [5, 5.41) is 6.85. The molecule has 3 aliphatic rings. The molecule has 29 heavy (non-hydrogen) atoms. The van der Waals surface area contributed by atoms with Gasteiger partial charge in [-0.05, 0) is 43.5 Å². The third kappa shape index (κ3) is 3.02. The maximum Gasteiger partial charge on any atom is 0.237 e. The predicted molar refractivity (Wildman–Crippen MR) is 117 cm³/mol. The molecule has 1 atom stereocenters. The Morgan fingerprint density at radius 1 is 1.28 bits per heavy atom. The molecule has 2 heterocycles. The van der Waals surface area contributed by atoms with E-state index in [4.69, 9.17) is 23.2 Å². The fourth-order valence-electron chi connectivity index (χ4n) is 4.93. The Balaban J connectivity index is 1.75. The molecule has 1 unspecified atom stereocenters. The molecular weight excluding hydrogens is 412 g/mol. The van der Waals surface area contributed by atoms with E-state index in [2.05, 4.69) is 23.8 Å². The molecule has 4 nitrogen and oxygen atoms in total. The molecule has 0 aromatic heterocycles. The normalized spacial score (nSPS) is 25.5. The van der Waals surface area contributed by atoms with Crippen LogP contribution in [0.25, 0.3) is 0 Å². The number of nitrogens with one attached hydrogen (secondary N) is 2. The molecule has 1 saturated heterocycles. The number of benzene rings is 1. The number of hydrogen-bond donors (Lipinski definition) is 2. The number of likely N-dealkylation sites (N-methyl/N-ethyl adjacent to an activating group) is 1. The monoisotopic (exact) mass is 435 g/mol. The molecular formula is C22H24Cl2FN3O. The Morgan fingerprint density at radius 2 is 2.00 bits per heavy atom. The van der Waals surface area contributed by atoms with Gasteiger partial charge in [0.2, 0.25) is 5.91 Å². The molecule has 4 rings (SSSR count). The van der Waals surface area contributed by atoms with Crippen molar-refractivity contribution in [1.29, 1.82) is 0 Å². The van der Waals surface area contributed by atoms with Gasteiger partial charge in [0.1, 0.15) is 5.83 Å². The van der Waals surface area contributed by atoms with E-state index in [0.29, 0.717) is 19.5 Å². The zero-order valence-corrected chi connectivity index (χ0v) is 17.9. The standard InChI is InChI=1S/C22H24Cl2FN3O/c1-13(23)19(24)18(14(2)25)22(9-10-26-12-22)27-15-5-6-16-17(11-15)28(3)20(29)21(16)7-4-8-21/h5-6,11,26-27H,1-2,4,7-10,12H2,3H3/b19-18-. The van der Waals surface area contributed by atoms with E-state index >= 15 is 0 Å². The van der Waals surface area contributed by atoms with Crippen molar-refractivity contribution in [2.45, 2.75) is 36.6 Å². The van der Waals surface area contributed by atoms with Crippen LogP contribution in [0, 0.1) is 0 Å². The van der Waals surface area contributed by atoms with Crippen LogP contribution in [0.4, 0.5) is 15.8 Å². The van der Waals surface area contributed by atoms with E-state index in [-0.39, 0.29) is 27.0 Å². The Hall–Kier alpha value is -1.82. The summed E-state index contributed by atoms with van der Waals surface area (Å²) in [5.74, 6) is -0.484. The summed E-state index contributed by atoms with van der Waals surface area (Å²) in [7, 11) is 1.81. The van der Waals surface area contributed by atoms with E-state index in [1.165, 1.54) is 0 Å². The van der Waals surface area contributed by atoms with Gasteiger partial charge in [-0.2, -0.15) is 0 Å². The van der Waals surface area contributed by atoms with Crippen molar-refractivity contribution in [2.24, 2.45) is 0 Å². The van der Waals surface area contributed by atoms with E-state index < -0.39 is 11.4 Å². The van der Waals surface area contributed by atoms with Crippen LogP contribution in [-0.2, 0) is 10.2 Å². The molecule has 2 aliphatic heterocycles. The van der Waals surface area contributed by atoms with E-state index in [1.807, 2.05) is 25.2 Å². The lowest BCUT2D eigenvalue weighted by atomic mass is 9.65. The van der Waals surface area contributed by atoms with Crippen LogP contribution < -0.4 is 15.5 Å². The first kappa shape index (κ1) is 20.5. The van der Waals surface area contributed by atoms with Crippen LogP contribution in [0.5, 0.6) is 0 Å². The van der Waals surface area contributed by atoms with E-state index in [0.717, 1.165) is 36.2 Å². The number of amides is 1. The molecule has 0 radical (unpaired) electrons. The first-order valence-electron chi connectivity index (χ1n) is 9.73. The maximum atomic E-state index is 14.5. The molecule has 2 fully saturated rings. The SMILES string of the molecule is C=C(Cl)/C(Cl)=C(\C(=C)F)C1(Nc2ccc3c(c2)N(C)C(=O)C32CCC2)CCNC1. The summed E-state index contributed by atoms with van der Waals surface area (Å²) < 4.78 is 14.5. The van der Waals surface area contributed by atoms with Gasteiger partial charge in [-0.1, -0.05) is 48.8 Å². The van der Waals surface area contributed by atoms with Gasteiger partial charge in [0.05, 0.1) is 21.0 Å². The number of carbonyl (C=O) groups is 1. The topological polar surface area (TPSA) is 44.4 Å². The molecule has 7 heteroatoms. The number of halogens is 3. The number of rotatable bonds is 5. The van der Waals surface area contributed by atoms with Crippen molar-refractivity contribution in [3.8, 4) is 0 Å². The van der Waals surface area contributed by atoms with Gasteiger partial charge in [0.25, 0.3) is 0 Å². The van der Waals surface area contributed by atoms with Crippen LogP contribution in [-0.4, -0.2) is 31.6 Å². The lowest BCUT2D eigenvalue weighted by molar-refractivity contribution is -0.125. The number of fused-ring (bicyclic) bond motifs is 2. The van der Waals surface area contributed by atoms with Gasteiger partial charge in [-0.3, -0.25) is 4.79 Å². The predicted octanol–water partition coefficient (Wildman–Crippen LogP) is 4.96. The second-order valence-electron chi connectivity index (χ2n) is 8.16. The smallest absolute Gasteiger partial charge is 0.237 e. The number of nitrogens with zero attached hydrogens (tertiary/aromatic N) is 1. The van der Waals surface area contributed by atoms with Gasteiger partial charge in [-0.15, -0.1) is 0 Å². The molecule has 1 spiro atoms. The summed E-state index contributed by atoms with van der Waals surface area (Å²) in [4.78, 5) is 14.6. The summed E-state index contributed by atoms with van der Waals surface area (Å²) >= 11 is 12.3. The van der Waals surface area contributed by atoms with Gasteiger partial charge in [0, 0.05) is 30.5 Å². The number of anilines is 2. The van der Waals surface area contributed by atoms with Crippen molar-refractivity contribution in [3.63, 3.8) is 0 Å². The second kappa shape index (κ2) is 7.15. The molecule has 154 valence electrons. The van der Waals surface area contributed by atoms with Crippen molar-refractivity contribution in [2.75, 3.05) is 30.4 Å². The Kier molecular flexibility index (Phi) is 5.04. The molecule has 2 N–H and O–H groups in total. The van der Waals surface area contributed by atoms with Gasteiger partial charge < -0.3 is 15.5 Å². The fraction of sp³-hybridized carbons (Fsp3) is 0.409. The molecule has 1 amide bonds. The van der Waals surface area contributed by atoms with Crippen LogP contribution in [0.3, 0.4) is 0 Å². The maximum absolute atomic E-state index is 14.5. The summed E-state index contributed by atoms with van der Waals surface area (Å²) in [6.45, 7) is 8.27. The highest BCUT2D eigenvalue weighted by Crippen LogP contribution is 2.53. The minimum atomic E-state index is -0.815. The lowest BCUT2D eigenvalue weighted by Crippen LogP contribution is -2.43. The highest BCUT2D eigenvalue weighted by atomic mass is 35.5. The first-order valence-corrected chi connectivity index (χ1v) is 10.5. The molecule has 0 bridgehead atoms. The number of hydrogen-bond acceptors (Lipinski definition) is 3. The average molecular weight is 436 g/mol. The minimum absolute atomic E-state index is 0.0669. The molecule has 1 aliphatic carbocycles. The molecule has 1 aromatic carbocycles. The summed E-state index contributed by atoms with van der Waals surface area (Å²) in [5.41, 5.74) is 1.81. The average Bonchev–Trinajstić information content (AvgIpc) is 3.17. The number of carbonyl (C=O) groups excluding carboxylic acids is 1. The van der Waals surface area contributed by atoms with E-state index in [9.17, 15) is 9.18 Å². The Labute approximate surface area is 180 Å². The van der Waals surface area contributed by atoms with Crippen molar-refractivity contribution < 1.29 is 9.18 Å². The van der Waals surface area contributed by atoms with Gasteiger partial charge in [0.15, 0.2) is 0 Å². The fourth-order valence-corrected chi connectivity index (χ4v) is 5.30. The lowest BCUT2D eigenvalue weighted by Gasteiger charge is -2.37. The minimum Gasteiger partial charge on any atom is -0.374 e. The van der Waals surface area contributed by atoms with Crippen molar-refractivity contribution in [3.05, 3.63) is 58.4 Å². The molecule has 1 saturated carbocycles.